The second kappa shape index (κ2) is 5.37. The summed E-state index contributed by atoms with van der Waals surface area (Å²) in [6.45, 7) is 1.95. The fourth-order valence-electron chi connectivity index (χ4n) is 1.50. The Bertz CT molecular complexity index is 391. The van der Waals surface area contributed by atoms with Gasteiger partial charge in [0.1, 0.15) is 0 Å². The molecule has 88 valence electrons. The molecule has 0 aliphatic carbocycles. The summed E-state index contributed by atoms with van der Waals surface area (Å²) in [5.74, 6) is 5.90. The number of carbonyl (C=O) groups is 1. The van der Waals surface area contributed by atoms with E-state index in [1.807, 2.05) is 6.92 Å². The minimum Gasteiger partial charge on any atom is -0.493 e. The quantitative estimate of drug-likeness (QED) is 0.452. The first-order valence-electron chi connectivity index (χ1n) is 4.93. The standard InChI is InChI=1S/C11H16N2O3/c1-4-7-5-9(15-2)10(16-3)6-8(7)11(14)13-12/h5-6H,4,12H2,1-3H3,(H,13,14). The molecule has 5 heteroatoms. The van der Waals surface area contributed by atoms with E-state index in [1.54, 1.807) is 19.2 Å². The molecule has 0 spiro atoms. The van der Waals surface area contributed by atoms with E-state index < -0.39 is 0 Å². The van der Waals surface area contributed by atoms with Gasteiger partial charge in [-0.1, -0.05) is 6.92 Å². The third-order valence-electron chi connectivity index (χ3n) is 2.37. The van der Waals surface area contributed by atoms with Gasteiger partial charge in [0.05, 0.1) is 14.2 Å². The van der Waals surface area contributed by atoms with Crippen LogP contribution in [0.25, 0.3) is 0 Å². The summed E-state index contributed by atoms with van der Waals surface area (Å²) in [6.07, 6.45) is 0.711. The van der Waals surface area contributed by atoms with E-state index >= 15 is 0 Å². The van der Waals surface area contributed by atoms with Crippen molar-refractivity contribution in [2.45, 2.75) is 13.3 Å². The zero-order valence-corrected chi connectivity index (χ0v) is 9.66. The molecule has 1 amide bonds. The Labute approximate surface area is 94.5 Å². The van der Waals surface area contributed by atoms with Crippen LogP contribution in [0.2, 0.25) is 0 Å². The van der Waals surface area contributed by atoms with Crippen LogP contribution >= 0.6 is 0 Å². The number of nitrogens with two attached hydrogens (primary N) is 1. The average molecular weight is 224 g/mol. The smallest absolute Gasteiger partial charge is 0.265 e. The molecule has 0 aliphatic heterocycles. The third-order valence-corrected chi connectivity index (χ3v) is 2.37. The lowest BCUT2D eigenvalue weighted by atomic mass is 10.0. The molecule has 0 unspecified atom stereocenters. The van der Waals surface area contributed by atoms with Crippen LogP contribution in [0.15, 0.2) is 12.1 Å². The zero-order valence-electron chi connectivity index (χ0n) is 9.66. The van der Waals surface area contributed by atoms with Crippen molar-refractivity contribution in [3.63, 3.8) is 0 Å². The lowest BCUT2D eigenvalue weighted by Gasteiger charge is -2.12. The van der Waals surface area contributed by atoms with Crippen LogP contribution in [-0.4, -0.2) is 20.1 Å². The SMILES string of the molecule is CCc1cc(OC)c(OC)cc1C(=O)NN. The number of nitrogens with one attached hydrogen (secondary N) is 1. The summed E-state index contributed by atoms with van der Waals surface area (Å²) in [5.41, 5.74) is 3.47. The van der Waals surface area contributed by atoms with Crippen LogP contribution in [-0.2, 0) is 6.42 Å². The normalized spacial score (nSPS) is 9.75. The highest BCUT2D eigenvalue weighted by molar-refractivity contribution is 5.96. The molecule has 1 aromatic carbocycles. The van der Waals surface area contributed by atoms with E-state index in [9.17, 15) is 4.79 Å². The second-order valence-electron chi connectivity index (χ2n) is 3.19. The van der Waals surface area contributed by atoms with Crippen molar-refractivity contribution in [2.75, 3.05) is 14.2 Å². The molecule has 0 fully saturated rings. The van der Waals surface area contributed by atoms with Crippen molar-refractivity contribution < 1.29 is 14.3 Å². The molecule has 16 heavy (non-hydrogen) atoms. The zero-order chi connectivity index (χ0) is 12.1. The van der Waals surface area contributed by atoms with Crippen LogP contribution in [0.3, 0.4) is 0 Å². The monoisotopic (exact) mass is 224 g/mol. The van der Waals surface area contributed by atoms with Gasteiger partial charge in [-0.3, -0.25) is 10.2 Å². The van der Waals surface area contributed by atoms with Crippen molar-refractivity contribution in [3.05, 3.63) is 23.3 Å². The number of benzene rings is 1. The summed E-state index contributed by atoms with van der Waals surface area (Å²) >= 11 is 0. The number of carbonyl (C=O) groups excluding carboxylic acids is 1. The number of nitrogen functional groups attached to an aromatic ring is 1. The Kier molecular flexibility index (Phi) is 4.13. The van der Waals surface area contributed by atoms with Crippen LogP contribution in [0.1, 0.15) is 22.8 Å². The number of hydrazine groups is 1. The molecule has 1 aromatic rings. The first-order chi connectivity index (χ1) is 7.67. The first kappa shape index (κ1) is 12.3. The molecule has 0 heterocycles. The maximum absolute atomic E-state index is 11.5. The Morgan fingerprint density at radius 2 is 1.88 bits per heavy atom. The summed E-state index contributed by atoms with van der Waals surface area (Å²) in [5, 5.41) is 0. The van der Waals surface area contributed by atoms with Gasteiger partial charge >= 0.3 is 0 Å². The van der Waals surface area contributed by atoms with Gasteiger partial charge < -0.3 is 9.47 Å². The number of hydrogen-bond donors (Lipinski definition) is 2. The molecule has 0 atom stereocenters. The van der Waals surface area contributed by atoms with Gasteiger partial charge in [0.15, 0.2) is 11.5 Å². The summed E-state index contributed by atoms with van der Waals surface area (Å²) < 4.78 is 10.3. The van der Waals surface area contributed by atoms with Crippen LogP contribution in [0.5, 0.6) is 11.5 Å². The highest BCUT2D eigenvalue weighted by atomic mass is 16.5. The molecule has 1 rings (SSSR count). The number of amides is 1. The summed E-state index contributed by atoms with van der Waals surface area (Å²) in [4.78, 5) is 11.5. The van der Waals surface area contributed by atoms with E-state index in [1.165, 1.54) is 7.11 Å². The number of hydrogen-bond acceptors (Lipinski definition) is 4. The Morgan fingerprint density at radius 1 is 1.31 bits per heavy atom. The number of ether oxygens (including phenoxy) is 2. The Morgan fingerprint density at radius 3 is 2.31 bits per heavy atom. The lowest BCUT2D eigenvalue weighted by Crippen LogP contribution is -2.30. The van der Waals surface area contributed by atoms with Gasteiger partial charge in [-0.15, -0.1) is 0 Å². The van der Waals surface area contributed by atoms with Crippen LogP contribution in [0.4, 0.5) is 0 Å². The van der Waals surface area contributed by atoms with Crippen LogP contribution in [0, 0.1) is 0 Å². The van der Waals surface area contributed by atoms with E-state index in [0.717, 1.165) is 5.56 Å². The molecular weight excluding hydrogens is 208 g/mol. The van der Waals surface area contributed by atoms with Gasteiger partial charge in [-0.2, -0.15) is 0 Å². The molecule has 3 N–H and O–H groups in total. The number of rotatable bonds is 4. The van der Waals surface area contributed by atoms with E-state index in [-0.39, 0.29) is 5.91 Å². The van der Waals surface area contributed by atoms with E-state index in [4.69, 9.17) is 15.3 Å². The van der Waals surface area contributed by atoms with Gasteiger partial charge in [-0.25, -0.2) is 5.84 Å². The molecule has 0 radical (unpaired) electrons. The van der Waals surface area contributed by atoms with Crippen LogP contribution < -0.4 is 20.7 Å². The summed E-state index contributed by atoms with van der Waals surface area (Å²) in [7, 11) is 3.08. The summed E-state index contributed by atoms with van der Waals surface area (Å²) in [6, 6.07) is 3.41. The maximum Gasteiger partial charge on any atom is 0.265 e. The highest BCUT2D eigenvalue weighted by Crippen LogP contribution is 2.30. The van der Waals surface area contributed by atoms with Gasteiger partial charge in [0, 0.05) is 5.56 Å². The molecule has 0 saturated carbocycles. The second-order valence-corrected chi connectivity index (χ2v) is 3.19. The van der Waals surface area contributed by atoms with Crippen molar-refractivity contribution in [3.8, 4) is 11.5 Å². The van der Waals surface area contributed by atoms with E-state index in [2.05, 4.69) is 5.43 Å². The maximum atomic E-state index is 11.5. The minimum atomic E-state index is -0.335. The van der Waals surface area contributed by atoms with Gasteiger partial charge in [-0.05, 0) is 24.1 Å². The molecule has 0 aliphatic rings. The molecule has 0 saturated heterocycles. The first-order valence-corrected chi connectivity index (χ1v) is 4.93. The molecular formula is C11H16N2O3. The van der Waals surface area contributed by atoms with Gasteiger partial charge in [0.25, 0.3) is 5.91 Å². The minimum absolute atomic E-state index is 0.335. The Balaban J connectivity index is 3.31. The average Bonchev–Trinajstić information content (AvgIpc) is 2.35. The van der Waals surface area contributed by atoms with Crippen molar-refractivity contribution >= 4 is 5.91 Å². The Hall–Kier alpha value is -1.75. The van der Waals surface area contributed by atoms with Crippen molar-refractivity contribution in [2.24, 2.45) is 5.84 Å². The van der Waals surface area contributed by atoms with Crippen molar-refractivity contribution in [1.29, 1.82) is 0 Å². The van der Waals surface area contributed by atoms with Gasteiger partial charge in [0.2, 0.25) is 0 Å². The third kappa shape index (κ3) is 2.25. The number of aryl methyl sites for hydroxylation is 1. The van der Waals surface area contributed by atoms with E-state index in [0.29, 0.717) is 23.5 Å². The van der Waals surface area contributed by atoms with Crippen molar-refractivity contribution in [1.82, 2.24) is 5.43 Å². The lowest BCUT2D eigenvalue weighted by molar-refractivity contribution is 0.0952. The fraction of sp³-hybridized carbons (Fsp3) is 0.364. The largest absolute Gasteiger partial charge is 0.493 e. The molecule has 0 aromatic heterocycles. The number of methoxy groups -OCH3 is 2. The highest BCUT2D eigenvalue weighted by Gasteiger charge is 2.14. The molecule has 0 bridgehead atoms. The predicted molar refractivity (Wildman–Crippen MR) is 60.6 cm³/mol. The fourth-order valence-corrected chi connectivity index (χ4v) is 1.50. The topological polar surface area (TPSA) is 73.6 Å². The molecule has 5 nitrogen and oxygen atoms in total. The predicted octanol–water partition coefficient (Wildman–Crippen LogP) is 0.870.